The summed E-state index contributed by atoms with van der Waals surface area (Å²) >= 11 is 2.09. The average Bonchev–Trinajstić information content (AvgIpc) is 3.25. The van der Waals surface area contributed by atoms with Crippen LogP contribution in [0.3, 0.4) is 0 Å². The highest BCUT2D eigenvalue weighted by molar-refractivity contribution is 7.99. The summed E-state index contributed by atoms with van der Waals surface area (Å²) < 4.78 is 67.3. The highest BCUT2D eigenvalue weighted by atomic mass is 32.2. The third kappa shape index (κ3) is 4.69. The number of thioether (sulfide) groups is 1. The summed E-state index contributed by atoms with van der Waals surface area (Å²) in [5.74, 6) is -0.371. The van der Waals surface area contributed by atoms with Crippen molar-refractivity contribution in [2.45, 2.75) is 43.5 Å². The number of nitrogen functional groups attached to an aromatic ring is 1. The summed E-state index contributed by atoms with van der Waals surface area (Å²) in [5, 5.41) is 0.194. The number of hydrogen-bond donors (Lipinski definition) is 1. The van der Waals surface area contributed by atoms with E-state index in [1.807, 2.05) is 13.8 Å². The zero-order chi connectivity index (χ0) is 32.0. The van der Waals surface area contributed by atoms with Crippen molar-refractivity contribution in [3.05, 3.63) is 52.7 Å². The smallest absolute Gasteiger partial charge is 0.380 e. The Morgan fingerprint density at radius 3 is 2.53 bits per heavy atom. The van der Waals surface area contributed by atoms with Gasteiger partial charge in [-0.2, -0.15) is 18.2 Å². The number of ether oxygens (including phenoxy) is 1. The molecule has 7 rings (SSSR count). The second-order valence-electron chi connectivity index (χ2n) is 12.0. The van der Waals surface area contributed by atoms with Crippen LogP contribution in [0.1, 0.15) is 19.4 Å². The fraction of sp³-hybridized carbons (Fsp3) is 0.400. The number of anilines is 2. The van der Waals surface area contributed by atoms with Gasteiger partial charge in [0, 0.05) is 64.3 Å². The number of amides is 1. The third-order valence-corrected chi connectivity index (χ3v) is 11.1. The lowest BCUT2D eigenvalue weighted by Gasteiger charge is -2.44. The molecule has 0 radical (unpaired) electrons. The molecule has 1 spiro atoms. The van der Waals surface area contributed by atoms with Gasteiger partial charge in [-0.1, -0.05) is 17.9 Å². The average molecular weight is 661 g/mol. The van der Waals surface area contributed by atoms with Crippen molar-refractivity contribution in [3.8, 4) is 11.1 Å². The minimum Gasteiger partial charge on any atom is -0.380 e. The van der Waals surface area contributed by atoms with E-state index in [2.05, 4.69) is 16.5 Å². The van der Waals surface area contributed by atoms with E-state index in [0.29, 0.717) is 24.5 Å². The maximum Gasteiger partial charge on any atom is 0.417 e. The van der Waals surface area contributed by atoms with Crippen LogP contribution in [0.25, 0.3) is 32.2 Å². The predicted octanol–water partition coefficient (Wildman–Crippen LogP) is 5.15. The van der Waals surface area contributed by atoms with Crippen LogP contribution in [0.15, 0.2) is 40.5 Å². The largest absolute Gasteiger partial charge is 0.417 e. The van der Waals surface area contributed by atoms with Crippen LogP contribution >= 0.6 is 23.1 Å². The molecule has 45 heavy (non-hydrogen) atoms. The lowest BCUT2D eigenvalue weighted by Crippen LogP contribution is -2.58. The minimum atomic E-state index is -4.83. The SMILES string of the molecule is C=CC(=O)N1[C@H](C)CN(c2nc(=O)n3c4c(c(-c5ccc(F)c6sc(N)nc56)c(C(F)(F)F)cc24)SCC2(COC2)C3)C[C@@H]1C. The molecule has 0 unspecified atom stereocenters. The van der Waals surface area contributed by atoms with Crippen molar-refractivity contribution < 1.29 is 27.1 Å². The van der Waals surface area contributed by atoms with E-state index in [1.54, 1.807) is 9.80 Å². The molecule has 15 heteroatoms. The van der Waals surface area contributed by atoms with Crippen molar-refractivity contribution in [1.82, 2.24) is 19.4 Å². The molecule has 3 aliphatic heterocycles. The van der Waals surface area contributed by atoms with Gasteiger partial charge in [0.15, 0.2) is 5.13 Å². The molecule has 3 aliphatic rings. The number of alkyl halides is 3. The van der Waals surface area contributed by atoms with Crippen LogP contribution in [0.5, 0.6) is 0 Å². The van der Waals surface area contributed by atoms with E-state index in [-0.39, 0.29) is 80.2 Å². The van der Waals surface area contributed by atoms with Gasteiger partial charge in [0.25, 0.3) is 0 Å². The molecule has 236 valence electrons. The second-order valence-corrected chi connectivity index (χ2v) is 14.0. The topological polar surface area (TPSA) is 107 Å². The van der Waals surface area contributed by atoms with Crippen molar-refractivity contribution >= 4 is 61.1 Å². The van der Waals surface area contributed by atoms with Gasteiger partial charge in [0.2, 0.25) is 5.91 Å². The van der Waals surface area contributed by atoms with Crippen molar-refractivity contribution in [3.63, 3.8) is 0 Å². The molecule has 2 N–H and O–H groups in total. The summed E-state index contributed by atoms with van der Waals surface area (Å²) in [6.45, 7) is 8.66. The summed E-state index contributed by atoms with van der Waals surface area (Å²) in [6.07, 6.45) is -3.60. The Hall–Kier alpha value is -3.69. The molecule has 1 amide bonds. The number of fused-ring (bicyclic) bond motifs is 1. The fourth-order valence-electron chi connectivity index (χ4n) is 6.81. The molecule has 2 atom stereocenters. The van der Waals surface area contributed by atoms with E-state index in [0.717, 1.165) is 23.5 Å². The van der Waals surface area contributed by atoms with Gasteiger partial charge in [-0.3, -0.25) is 9.36 Å². The molecule has 2 aromatic heterocycles. The van der Waals surface area contributed by atoms with Crippen LogP contribution in [0, 0.1) is 11.2 Å². The number of thiazole rings is 1. The normalized spacial score (nSPS) is 21.3. The number of nitrogens with two attached hydrogens (primary N) is 1. The van der Waals surface area contributed by atoms with Gasteiger partial charge in [-0.05, 0) is 38.1 Å². The summed E-state index contributed by atoms with van der Waals surface area (Å²) in [5.41, 5.74) is 4.14. The monoisotopic (exact) mass is 660 g/mol. The summed E-state index contributed by atoms with van der Waals surface area (Å²) in [6, 6.07) is 2.79. The first-order chi connectivity index (χ1) is 21.3. The van der Waals surface area contributed by atoms with Gasteiger partial charge in [0.05, 0.1) is 34.5 Å². The Kier molecular flexibility index (Phi) is 6.95. The predicted molar refractivity (Wildman–Crippen MR) is 166 cm³/mol. The Labute approximate surface area is 262 Å². The third-order valence-electron chi connectivity index (χ3n) is 8.77. The van der Waals surface area contributed by atoms with E-state index in [4.69, 9.17) is 10.5 Å². The first-order valence-electron chi connectivity index (χ1n) is 14.3. The number of piperazine rings is 1. The number of aromatic nitrogens is 3. The quantitative estimate of drug-likeness (QED) is 0.238. The van der Waals surface area contributed by atoms with Crippen molar-refractivity contribution in [2.24, 2.45) is 5.41 Å². The Bertz CT molecular complexity index is 1960. The molecule has 0 aliphatic carbocycles. The Morgan fingerprint density at radius 2 is 1.91 bits per heavy atom. The number of hydrogen-bond acceptors (Lipinski definition) is 9. The van der Waals surface area contributed by atoms with Crippen LogP contribution in [-0.2, 0) is 22.3 Å². The van der Waals surface area contributed by atoms with Crippen LogP contribution < -0.4 is 16.3 Å². The van der Waals surface area contributed by atoms with E-state index in [9.17, 15) is 14.0 Å². The van der Waals surface area contributed by atoms with Gasteiger partial charge in [-0.15, -0.1) is 11.8 Å². The molecule has 4 aromatic rings. The van der Waals surface area contributed by atoms with Crippen LogP contribution in [0.4, 0.5) is 28.5 Å². The first-order valence-corrected chi connectivity index (χ1v) is 16.1. The molecule has 0 saturated carbocycles. The molecule has 2 saturated heterocycles. The van der Waals surface area contributed by atoms with Gasteiger partial charge >= 0.3 is 11.9 Å². The number of rotatable bonds is 3. The number of halogens is 4. The zero-order valence-electron chi connectivity index (χ0n) is 24.3. The minimum absolute atomic E-state index is 0.0236. The Balaban J connectivity index is 1.54. The molecule has 0 bridgehead atoms. The molecule has 2 fully saturated rings. The molecule has 9 nitrogen and oxygen atoms in total. The van der Waals surface area contributed by atoms with E-state index < -0.39 is 28.7 Å². The van der Waals surface area contributed by atoms with Gasteiger partial charge in [-0.25, -0.2) is 14.2 Å². The maximum absolute atomic E-state index is 15.2. The lowest BCUT2D eigenvalue weighted by molar-refractivity contribution is -0.137. The van der Waals surface area contributed by atoms with Gasteiger partial charge < -0.3 is 20.3 Å². The zero-order valence-corrected chi connectivity index (χ0v) is 25.9. The molecule has 5 heterocycles. The molecular formula is C30H28F4N6O3S2. The van der Waals surface area contributed by atoms with Crippen molar-refractivity contribution in [1.29, 1.82) is 0 Å². The standard InChI is InChI=1S/C30H28F4N6O3S2/c1-4-20(41)40-14(2)8-38(9-15(40)3)26-17-7-18(30(32,33)34)21(16-5-6-19(31)24-22(16)36-27(35)45-24)25-23(17)39(28(42)37-26)10-29(13-44-25)11-43-12-29/h4-7,14-15H,1,8-13H2,2-3H3,(H2,35,36)/t14-,15+. The fourth-order valence-corrected chi connectivity index (χ4v) is 9.01. The number of carbonyl (C=O) groups is 1. The lowest BCUT2D eigenvalue weighted by atomic mass is 9.88. The molecular weight excluding hydrogens is 632 g/mol. The van der Waals surface area contributed by atoms with Crippen LogP contribution in [0.2, 0.25) is 0 Å². The van der Waals surface area contributed by atoms with Gasteiger partial charge in [0.1, 0.15) is 11.6 Å². The van der Waals surface area contributed by atoms with E-state index >= 15 is 13.2 Å². The van der Waals surface area contributed by atoms with E-state index in [1.165, 1.54) is 28.5 Å². The van der Waals surface area contributed by atoms with Crippen LogP contribution in [-0.4, -0.2) is 69.5 Å². The maximum atomic E-state index is 15.2. The Morgan fingerprint density at radius 1 is 1.20 bits per heavy atom. The van der Waals surface area contributed by atoms with Crippen molar-refractivity contribution in [2.75, 3.05) is 42.7 Å². The first kappa shape index (κ1) is 30.0. The highest BCUT2D eigenvalue weighted by Gasteiger charge is 2.45. The number of nitrogens with zero attached hydrogens (tertiary/aromatic N) is 5. The summed E-state index contributed by atoms with van der Waals surface area (Å²) in [4.78, 5) is 38.7. The second kappa shape index (κ2) is 10.4. The molecule has 2 aromatic carbocycles. The summed E-state index contributed by atoms with van der Waals surface area (Å²) in [7, 11) is 0. The highest BCUT2D eigenvalue weighted by Crippen LogP contribution is 2.52. The number of carbonyl (C=O) groups excluding carboxylic acids is 1. The number of benzene rings is 2.